The average Bonchev–Trinajstić information content (AvgIpc) is 3.46. The number of rotatable bonds is 6. The Bertz CT molecular complexity index is 1390. The highest BCUT2D eigenvalue weighted by Gasteiger charge is 2.16. The van der Waals surface area contributed by atoms with Crippen molar-refractivity contribution in [2.75, 3.05) is 12.4 Å². The van der Waals surface area contributed by atoms with Crippen molar-refractivity contribution in [1.29, 1.82) is 0 Å². The Morgan fingerprint density at radius 1 is 1.12 bits per heavy atom. The van der Waals surface area contributed by atoms with Gasteiger partial charge in [-0.05, 0) is 35.9 Å². The second-order valence-electron chi connectivity index (χ2n) is 7.15. The van der Waals surface area contributed by atoms with E-state index in [1.165, 1.54) is 0 Å². The number of nitrogens with one attached hydrogen (secondary N) is 2. The standard InChI is InChI=1S/C23H19N7O2/c1-32-19-8-16(10-24-12-19)15-5-6-20-21(9-15)28-29-22(20)23(31)27-18-11-26-30(14-18)13-17-4-2-3-7-25-17/h2-12,14H,13H2,1H3,(H,27,31)(H,28,29). The Morgan fingerprint density at radius 3 is 2.91 bits per heavy atom. The number of methoxy groups -OCH3 is 1. The van der Waals surface area contributed by atoms with Crippen LogP contribution in [-0.2, 0) is 6.54 Å². The molecule has 0 bridgehead atoms. The molecule has 32 heavy (non-hydrogen) atoms. The molecule has 0 atom stereocenters. The minimum absolute atomic E-state index is 0.313. The molecule has 0 spiro atoms. The van der Waals surface area contributed by atoms with Gasteiger partial charge in [-0.15, -0.1) is 0 Å². The number of aromatic amines is 1. The summed E-state index contributed by atoms with van der Waals surface area (Å²) >= 11 is 0. The second-order valence-corrected chi connectivity index (χ2v) is 7.15. The van der Waals surface area contributed by atoms with Crippen LogP contribution < -0.4 is 10.1 Å². The van der Waals surface area contributed by atoms with Crippen molar-refractivity contribution in [3.05, 3.63) is 84.8 Å². The second kappa shape index (κ2) is 8.31. The van der Waals surface area contributed by atoms with Gasteiger partial charge in [-0.1, -0.05) is 12.1 Å². The molecule has 4 aromatic heterocycles. The van der Waals surface area contributed by atoms with Crippen molar-refractivity contribution in [2.45, 2.75) is 6.54 Å². The van der Waals surface area contributed by atoms with Crippen LogP contribution in [0, 0.1) is 0 Å². The topological polar surface area (TPSA) is 111 Å². The molecule has 5 aromatic rings. The number of carbonyl (C=O) groups excluding carboxylic acids is 1. The Balaban J connectivity index is 1.34. The number of aromatic nitrogens is 6. The average molecular weight is 425 g/mol. The van der Waals surface area contributed by atoms with Crippen LogP contribution in [-0.4, -0.2) is 43.0 Å². The van der Waals surface area contributed by atoms with E-state index in [0.717, 1.165) is 27.7 Å². The van der Waals surface area contributed by atoms with E-state index in [2.05, 4.69) is 30.6 Å². The van der Waals surface area contributed by atoms with Crippen molar-refractivity contribution in [3.63, 3.8) is 0 Å². The number of H-pyrrole nitrogens is 1. The van der Waals surface area contributed by atoms with Crippen LogP contribution in [0.25, 0.3) is 22.0 Å². The highest BCUT2D eigenvalue weighted by Crippen LogP contribution is 2.27. The van der Waals surface area contributed by atoms with Crippen molar-refractivity contribution in [2.24, 2.45) is 0 Å². The molecule has 0 radical (unpaired) electrons. The Kier molecular flexibility index (Phi) is 5.04. The monoisotopic (exact) mass is 425 g/mol. The molecule has 1 amide bonds. The van der Waals surface area contributed by atoms with Crippen molar-refractivity contribution in [3.8, 4) is 16.9 Å². The Hall–Kier alpha value is -4.53. The molecule has 5 rings (SSSR count). The van der Waals surface area contributed by atoms with Crippen LogP contribution in [0.4, 0.5) is 5.69 Å². The minimum Gasteiger partial charge on any atom is -0.495 e. The predicted molar refractivity (Wildman–Crippen MR) is 119 cm³/mol. The maximum atomic E-state index is 12.8. The lowest BCUT2D eigenvalue weighted by Gasteiger charge is -2.04. The minimum atomic E-state index is -0.315. The quantitative estimate of drug-likeness (QED) is 0.431. The first kappa shape index (κ1) is 19.4. The molecule has 0 aliphatic carbocycles. The van der Waals surface area contributed by atoms with Crippen LogP contribution in [0.1, 0.15) is 16.2 Å². The number of carbonyl (C=O) groups is 1. The third-order valence-electron chi connectivity index (χ3n) is 5.00. The summed E-state index contributed by atoms with van der Waals surface area (Å²) in [4.78, 5) is 21.3. The summed E-state index contributed by atoms with van der Waals surface area (Å²) < 4.78 is 6.96. The van der Waals surface area contributed by atoms with Gasteiger partial charge in [0, 0.05) is 29.5 Å². The van der Waals surface area contributed by atoms with Crippen LogP contribution in [0.5, 0.6) is 5.75 Å². The van der Waals surface area contributed by atoms with Crippen molar-refractivity contribution < 1.29 is 9.53 Å². The van der Waals surface area contributed by atoms with Crippen molar-refractivity contribution in [1.82, 2.24) is 29.9 Å². The maximum Gasteiger partial charge on any atom is 0.276 e. The van der Waals surface area contributed by atoms with E-state index in [4.69, 9.17) is 4.74 Å². The normalized spacial score (nSPS) is 10.9. The number of ether oxygens (including phenoxy) is 1. The molecule has 0 saturated carbocycles. The predicted octanol–water partition coefficient (Wildman–Crippen LogP) is 3.53. The summed E-state index contributed by atoms with van der Waals surface area (Å²) in [7, 11) is 1.60. The molecule has 0 aliphatic rings. The molecule has 9 heteroatoms. The van der Waals surface area contributed by atoms with Crippen LogP contribution >= 0.6 is 0 Å². The van der Waals surface area contributed by atoms with Gasteiger partial charge in [0.05, 0.1) is 42.9 Å². The molecule has 158 valence electrons. The molecular formula is C23H19N7O2. The van der Waals surface area contributed by atoms with Gasteiger partial charge in [0.2, 0.25) is 0 Å². The molecule has 2 N–H and O–H groups in total. The number of amides is 1. The fourth-order valence-corrected chi connectivity index (χ4v) is 3.42. The molecule has 4 heterocycles. The van der Waals surface area contributed by atoms with Gasteiger partial charge in [-0.2, -0.15) is 10.2 Å². The van der Waals surface area contributed by atoms with E-state index < -0.39 is 0 Å². The summed E-state index contributed by atoms with van der Waals surface area (Å²) in [5.41, 5.74) is 4.38. The Labute approximate surface area is 183 Å². The lowest BCUT2D eigenvalue weighted by Crippen LogP contribution is -2.12. The first-order valence-corrected chi connectivity index (χ1v) is 9.91. The lowest BCUT2D eigenvalue weighted by molar-refractivity contribution is 0.102. The number of nitrogens with zero attached hydrogens (tertiary/aromatic N) is 5. The number of hydrogen-bond donors (Lipinski definition) is 2. The summed E-state index contributed by atoms with van der Waals surface area (Å²) in [5.74, 6) is 0.361. The number of anilines is 1. The van der Waals surface area contributed by atoms with E-state index in [-0.39, 0.29) is 5.91 Å². The van der Waals surface area contributed by atoms with Gasteiger partial charge in [0.1, 0.15) is 5.75 Å². The number of hydrogen-bond acceptors (Lipinski definition) is 6. The highest BCUT2D eigenvalue weighted by molar-refractivity contribution is 6.11. The molecule has 0 fully saturated rings. The first-order valence-electron chi connectivity index (χ1n) is 9.91. The number of fused-ring (bicyclic) bond motifs is 1. The SMILES string of the molecule is COc1cncc(-c2ccc3c(C(=O)Nc4cnn(Cc5ccccn5)c4)n[nH]c3c2)c1. The zero-order valence-electron chi connectivity index (χ0n) is 17.2. The van der Waals surface area contributed by atoms with Gasteiger partial charge in [-0.25, -0.2) is 0 Å². The zero-order chi connectivity index (χ0) is 21.9. The van der Waals surface area contributed by atoms with Gasteiger partial charge in [0.15, 0.2) is 5.69 Å². The highest BCUT2D eigenvalue weighted by atomic mass is 16.5. The summed E-state index contributed by atoms with van der Waals surface area (Å²) in [5, 5.41) is 15.0. The van der Waals surface area contributed by atoms with Crippen LogP contribution in [0.3, 0.4) is 0 Å². The summed E-state index contributed by atoms with van der Waals surface area (Å²) in [6.45, 7) is 0.518. The smallest absolute Gasteiger partial charge is 0.276 e. The van der Waals surface area contributed by atoms with Gasteiger partial charge < -0.3 is 10.1 Å². The van der Waals surface area contributed by atoms with E-state index >= 15 is 0 Å². The largest absolute Gasteiger partial charge is 0.495 e. The third kappa shape index (κ3) is 3.91. The molecule has 9 nitrogen and oxygen atoms in total. The fraction of sp³-hybridized carbons (Fsp3) is 0.0870. The Morgan fingerprint density at radius 2 is 2.06 bits per heavy atom. The van der Waals surface area contributed by atoms with E-state index in [9.17, 15) is 4.79 Å². The van der Waals surface area contributed by atoms with Gasteiger partial charge >= 0.3 is 0 Å². The van der Waals surface area contributed by atoms with E-state index in [0.29, 0.717) is 23.7 Å². The fourth-order valence-electron chi connectivity index (χ4n) is 3.42. The molecule has 0 aliphatic heterocycles. The third-order valence-corrected chi connectivity index (χ3v) is 5.00. The maximum absolute atomic E-state index is 12.8. The first-order chi connectivity index (χ1) is 15.7. The van der Waals surface area contributed by atoms with Gasteiger partial charge in [0.25, 0.3) is 5.91 Å². The summed E-state index contributed by atoms with van der Waals surface area (Å²) in [6.07, 6.45) is 8.51. The van der Waals surface area contributed by atoms with Crippen LogP contribution in [0.15, 0.2) is 73.4 Å². The van der Waals surface area contributed by atoms with E-state index in [1.807, 2.05) is 42.5 Å². The molecule has 0 unspecified atom stereocenters. The number of pyridine rings is 2. The zero-order valence-corrected chi connectivity index (χ0v) is 17.2. The molecule has 0 saturated heterocycles. The molecule has 1 aromatic carbocycles. The number of benzene rings is 1. The van der Waals surface area contributed by atoms with Gasteiger partial charge in [-0.3, -0.25) is 24.5 Å². The van der Waals surface area contributed by atoms with E-state index in [1.54, 1.807) is 42.8 Å². The van der Waals surface area contributed by atoms with Crippen LogP contribution in [0.2, 0.25) is 0 Å². The lowest BCUT2D eigenvalue weighted by atomic mass is 10.0. The van der Waals surface area contributed by atoms with Crippen molar-refractivity contribution >= 4 is 22.5 Å². The molecular weight excluding hydrogens is 406 g/mol. The summed E-state index contributed by atoms with van der Waals surface area (Å²) in [6, 6.07) is 13.3.